The topological polar surface area (TPSA) is 65.2 Å². The summed E-state index contributed by atoms with van der Waals surface area (Å²) in [6, 6.07) is 11.9. The van der Waals surface area contributed by atoms with Gasteiger partial charge in [-0.1, -0.05) is 40.5 Å². The fourth-order valence-electron chi connectivity index (χ4n) is 1.89. The molecule has 1 aromatic heterocycles. The average Bonchev–Trinajstić information content (AvgIpc) is 3.05. The van der Waals surface area contributed by atoms with E-state index < -0.39 is 0 Å². The Morgan fingerprint density at radius 3 is 2.78 bits per heavy atom. The van der Waals surface area contributed by atoms with Crippen LogP contribution < -0.4 is 4.74 Å². The SMILES string of the molecule is O=Cc1cccc(OCc2nc(-c3ccc(Cl)c(Cl)c3)no2)c1. The molecule has 2 aromatic carbocycles. The van der Waals surface area contributed by atoms with Gasteiger partial charge in [-0.25, -0.2) is 0 Å². The largest absolute Gasteiger partial charge is 0.484 e. The number of carbonyl (C=O) groups is 1. The van der Waals surface area contributed by atoms with E-state index in [1.54, 1.807) is 42.5 Å². The van der Waals surface area contributed by atoms with Crippen molar-refractivity contribution in [1.82, 2.24) is 10.1 Å². The number of nitrogens with zero attached hydrogens (tertiary/aromatic N) is 2. The van der Waals surface area contributed by atoms with Gasteiger partial charge >= 0.3 is 0 Å². The number of hydrogen-bond donors (Lipinski definition) is 0. The number of aldehydes is 1. The lowest BCUT2D eigenvalue weighted by molar-refractivity contribution is 0.112. The quantitative estimate of drug-likeness (QED) is 0.638. The van der Waals surface area contributed by atoms with Gasteiger partial charge in [0.15, 0.2) is 6.61 Å². The van der Waals surface area contributed by atoms with E-state index in [2.05, 4.69) is 10.1 Å². The van der Waals surface area contributed by atoms with Gasteiger partial charge in [-0.05, 0) is 30.3 Å². The highest BCUT2D eigenvalue weighted by Gasteiger charge is 2.11. The Morgan fingerprint density at radius 2 is 2.00 bits per heavy atom. The first-order valence-electron chi connectivity index (χ1n) is 6.62. The zero-order chi connectivity index (χ0) is 16.2. The molecule has 3 aromatic rings. The van der Waals surface area contributed by atoms with E-state index >= 15 is 0 Å². The molecule has 0 aliphatic rings. The van der Waals surface area contributed by atoms with Crippen molar-refractivity contribution in [1.29, 1.82) is 0 Å². The van der Waals surface area contributed by atoms with Crippen LogP contribution in [-0.2, 0) is 6.61 Å². The Hall–Kier alpha value is -2.37. The minimum absolute atomic E-state index is 0.0939. The number of halogens is 2. The third kappa shape index (κ3) is 3.70. The van der Waals surface area contributed by atoms with Crippen LogP contribution in [0.25, 0.3) is 11.4 Å². The highest BCUT2D eigenvalue weighted by atomic mass is 35.5. The first kappa shape index (κ1) is 15.5. The Kier molecular flexibility index (Phi) is 4.60. The highest BCUT2D eigenvalue weighted by Crippen LogP contribution is 2.27. The van der Waals surface area contributed by atoms with Crippen molar-refractivity contribution in [2.45, 2.75) is 6.61 Å². The van der Waals surface area contributed by atoms with E-state index in [9.17, 15) is 4.79 Å². The summed E-state index contributed by atoms with van der Waals surface area (Å²) >= 11 is 11.8. The fourth-order valence-corrected chi connectivity index (χ4v) is 2.19. The van der Waals surface area contributed by atoms with Gasteiger partial charge < -0.3 is 9.26 Å². The predicted octanol–water partition coefficient (Wildman–Crippen LogP) is 4.43. The van der Waals surface area contributed by atoms with Gasteiger partial charge in [0.1, 0.15) is 12.0 Å². The van der Waals surface area contributed by atoms with E-state index in [1.807, 2.05) is 0 Å². The third-order valence-corrected chi connectivity index (χ3v) is 3.74. The first-order chi connectivity index (χ1) is 11.2. The molecule has 0 bridgehead atoms. The highest BCUT2D eigenvalue weighted by molar-refractivity contribution is 6.42. The summed E-state index contributed by atoms with van der Waals surface area (Å²) in [7, 11) is 0. The van der Waals surface area contributed by atoms with Crippen LogP contribution in [0.1, 0.15) is 16.2 Å². The van der Waals surface area contributed by atoms with Crippen LogP contribution in [0.5, 0.6) is 5.75 Å². The van der Waals surface area contributed by atoms with Crippen LogP contribution in [-0.4, -0.2) is 16.4 Å². The second kappa shape index (κ2) is 6.81. The van der Waals surface area contributed by atoms with E-state index in [0.717, 1.165) is 6.29 Å². The second-order valence-electron chi connectivity index (χ2n) is 4.62. The summed E-state index contributed by atoms with van der Waals surface area (Å²) in [5, 5.41) is 4.75. The molecule has 0 saturated carbocycles. The molecule has 1 heterocycles. The third-order valence-electron chi connectivity index (χ3n) is 3.00. The molecule has 0 unspecified atom stereocenters. The maximum absolute atomic E-state index is 10.7. The summed E-state index contributed by atoms with van der Waals surface area (Å²) in [5.41, 5.74) is 1.22. The summed E-state index contributed by atoms with van der Waals surface area (Å²) in [5.74, 6) is 1.25. The zero-order valence-electron chi connectivity index (χ0n) is 11.7. The number of rotatable bonds is 5. The fraction of sp³-hybridized carbons (Fsp3) is 0.0625. The van der Waals surface area contributed by atoms with Crippen LogP contribution in [0.4, 0.5) is 0 Å². The summed E-state index contributed by atoms with van der Waals surface area (Å²) in [6.07, 6.45) is 0.752. The molecule has 0 saturated heterocycles. The smallest absolute Gasteiger partial charge is 0.264 e. The van der Waals surface area contributed by atoms with Crippen LogP contribution in [0.2, 0.25) is 10.0 Å². The Balaban J connectivity index is 1.71. The van der Waals surface area contributed by atoms with Crippen LogP contribution in [0.15, 0.2) is 47.0 Å². The average molecular weight is 349 g/mol. The Bertz CT molecular complexity index is 849. The van der Waals surface area contributed by atoms with Gasteiger partial charge in [0.25, 0.3) is 5.89 Å². The normalized spacial score (nSPS) is 10.5. The lowest BCUT2D eigenvalue weighted by atomic mass is 10.2. The standard InChI is InChI=1S/C16H10Cl2N2O3/c17-13-5-4-11(7-14(13)18)16-19-15(23-20-16)9-22-12-3-1-2-10(6-12)8-21/h1-8H,9H2. The number of aromatic nitrogens is 2. The van der Waals surface area contributed by atoms with Gasteiger partial charge in [-0.3, -0.25) is 4.79 Å². The molecule has 116 valence electrons. The number of hydrogen-bond acceptors (Lipinski definition) is 5. The summed E-state index contributed by atoms with van der Waals surface area (Å²) < 4.78 is 10.7. The van der Waals surface area contributed by atoms with Crippen LogP contribution >= 0.6 is 23.2 Å². The van der Waals surface area contributed by atoms with Gasteiger partial charge in [-0.2, -0.15) is 4.98 Å². The summed E-state index contributed by atoms with van der Waals surface area (Å²) in [4.78, 5) is 15.0. The second-order valence-corrected chi connectivity index (χ2v) is 5.43. The molecule has 0 amide bonds. The predicted molar refractivity (Wildman–Crippen MR) is 85.9 cm³/mol. The molecule has 7 heteroatoms. The molecule has 0 aliphatic heterocycles. The number of benzene rings is 2. The maximum atomic E-state index is 10.7. The van der Waals surface area contributed by atoms with Crippen LogP contribution in [0.3, 0.4) is 0 Å². The van der Waals surface area contributed by atoms with Gasteiger partial charge in [0, 0.05) is 11.1 Å². The van der Waals surface area contributed by atoms with E-state index in [-0.39, 0.29) is 6.61 Å². The monoisotopic (exact) mass is 348 g/mol. The maximum Gasteiger partial charge on any atom is 0.264 e. The zero-order valence-corrected chi connectivity index (χ0v) is 13.2. The molecular weight excluding hydrogens is 339 g/mol. The van der Waals surface area contributed by atoms with Crippen molar-refractivity contribution in [3.05, 3.63) is 64.0 Å². The Morgan fingerprint density at radius 1 is 1.13 bits per heavy atom. The molecule has 5 nitrogen and oxygen atoms in total. The van der Waals surface area contributed by atoms with E-state index in [1.165, 1.54) is 0 Å². The number of ether oxygens (including phenoxy) is 1. The van der Waals surface area contributed by atoms with Gasteiger partial charge in [-0.15, -0.1) is 0 Å². The van der Waals surface area contributed by atoms with Crippen molar-refractivity contribution < 1.29 is 14.1 Å². The van der Waals surface area contributed by atoms with Gasteiger partial charge in [0.2, 0.25) is 5.82 Å². The molecule has 0 N–H and O–H groups in total. The van der Waals surface area contributed by atoms with E-state index in [0.29, 0.717) is 38.6 Å². The van der Waals surface area contributed by atoms with Crippen molar-refractivity contribution in [2.75, 3.05) is 0 Å². The minimum Gasteiger partial charge on any atom is -0.484 e. The minimum atomic E-state index is 0.0939. The van der Waals surface area contributed by atoms with Crippen molar-refractivity contribution in [3.8, 4) is 17.1 Å². The Labute approximate surface area is 141 Å². The molecule has 0 aliphatic carbocycles. The van der Waals surface area contributed by atoms with Crippen molar-refractivity contribution in [3.63, 3.8) is 0 Å². The molecule has 23 heavy (non-hydrogen) atoms. The summed E-state index contributed by atoms with van der Waals surface area (Å²) in [6.45, 7) is 0.0939. The molecule has 3 rings (SSSR count). The van der Waals surface area contributed by atoms with Gasteiger partial charge in [0.05, 0.1) is 10.0 Å². The van der Waals surface area contributed by atoms with E-state index in [4.69, 9.17) is 32.5 Å². The van der Waals surface area contributed by atoms with Crippen molar-refractivity contribution in [2.24, 2.45) is 0 Å². The first-order valence-corrected chi connectivity index (χ1v) is 7.37. The molecule has 0 fully saturated rings. The lowest BCUT2D eigenvalue weighted by Gasteiger charge is -2.02. The molecular formula is C16H10Cl2N2O3. The number of carbonyl (C=O) groups excluding carboxylic acids is 1. The van der Waals surface area contributed by atoms with Crippen molar-refractivity contribution >= 4 is 29.5 Å². The molecule has 0 radical (unpaired) electrons. The molecule has 0 spiro atoms. The van der Waals surface area contributed by atoms with Crippen LogP contribution in [0, 0.1) is 0 Å². The lowest BCUT2D eigenvalue weighted by Crippen LogP contribution is -1.96. The molecule has 0 atom stereocenters.